The molecule has 2 amide bonds. The van der Waals surface area contributed by atoms with Gasteiger partial charge in [-0.1, -0.05) is 132 Å². The van der Waals surface area contributed by atoms with E-state index in [2.05, 4.69) is 87.5 Å². The molecule has 5 aromatic carbocycles. The number of aromatic nitrogens is 4. The number of nitrogens with one attached hydrogen (secondary N) is 1. The minimum Gasteiger partial charge on any atom is -0.480 e. The van der Waals surface area contributed by atoms with E-state index in [1.165, 1.54) is 22.3 Å². The number of aryl methyl sites for hydroxylation is 1. The third-order valence-electron chi connectivity index (χ3n) is 12.2. The summed E-state index contributed by atoms with van der Waals surface area (Å²) in [5.41, 5.74) is 7.11. The van der Waals surface area contributed by atoms with Gasteiger partial charge in [0, 0.05) is 32.7 Å². The van der Waals surface area contributed by atoms with E-state index in [1.54, 1.807) is 41.1 Å². The molecule has 3 unspecified atom stereocenters. The van der Waals surface area contributed by atoms with Crippen LogP contribution in [0.25, 0.3) is 5.69 Å². The van der Waals surface area contributed by atoms with Crippen molar-refractivity contribution in [1.29, 1.82) is 0 Å². The molecular formula is C51H56ClN7O4S. The molecule has 3 atom stereocenters. The maximum absolute atomic E-state index is 14.5. The summed E-state index contributed by atoms with van der Waals surface area (Å²) >= 11 is 7.77. The number of rotatable bonds is 17. The topological polar surface area (TPSA) is 124 Å². The van der Waals surface area contributed by atoms with E-state index in [0.717, 1.165) is 35.2 Å². The second-order valence-corrected chi connectivity index (χ2v) is 19.1. The number of ether oxygens (including phenoxy) is 2. The SMILES string of the molecule is CCC(Oc1ccc(C(C)(C)CC)cc1C(C)(C)CC)C(=O)Nc1ccc(N2N=C(c3ccc(Cl)cc3)C(Oc3ccc(C)cc3C(C)Sc3nnnn3-c3ccccc3)C2=O)cc1. The van der Waals surface area contributed by atoms with Crippen molar-refractivity contribution < 1.29 is 19.1 Å². The van der Waals surface area contributed by atoms with Crippen LogP contribution < -0.4 is 19.8 Å². The predicted octanol–water partition coefficient (Wildman–Crippen LogP) is 11.8. The second kappa shape index (κ2) is 19.4. The zero-order chi connectivity index (χ0) is 45.8. The van der Waals surface area contributed by atoms with Crippen molar-refractivity contribution in [2.45, 2.75) is 115 Å². The zero-order valence-electron chi connectivity index (χ0n) is 37.9. The summed E-state index contributed by atoms with van der Waals surface area (Å²) in [7, 11) is 0. The molecule has 332 valence electrons. The molecule has 0 fully saturated rings. The summed E-state index contributed by atoms with van der Waals surface area (Å²) in [6, 6.07) is 36.2. The maximum atomic E-state index is 14.5. The smallest absolute Gasteiger partial charge is 0.294 e. The molecule has 0 spiro atoms. The Morgan fingerprint density at radius 2 is 1.53 bits per heavy atom. The Balaban J connectivity index is 1.11. The highest BCUT2D eigenvalue weighted by Crippen LogP contribution is 2.41. The normalized spacial score (nSPS) is 15.2. The average Bonchev–Trinajstić information content (AvgIpc) is 3.90. The highest BCUT2D eigenvalue weighted by molar-refractivity contribution is 7.99. The lowest BCUT2D eigenvalue weighted by atomic mass is 9.76. The van der Waals surface area contributed by atoms with E-state index in [0.29, 0.717) is 50.7 Å². The van der Waals surface area contributed by atoms with Gasteiger partial charge in [-0.2, -0.15) is 14.8 Å². The van der Waals surface area contributed by atoms with Gasteiger partial charge in [0.15, 0.2) is 6.10 Å². The number of carbonyl (C=O) groups excluding carboxylic acids is 2. The fraction of sp³-hybridized carbons (Fsp3) is 0.333. The van der Waals surface area contributed by atoms with Crippen LogP contribution in [0.5, 0.6) is 11.5 Å². The first-order valence-corrected chi connectivity index (χ1v) is 23.1. The van der Waals surface area contributed by atoms with Gasteiger partial charge in [-0.05, 0) is 121 Å². The van der Waals surface area contributed by atoms with Crippen molar-refractivity contribution in [2.75, 3.05) is 10.3 Å². The molecule has 0 aliphatic carbocycles. The average molecular weight is 899 g/mol. The number of halogens is 1. The molecule has 0 radical (unpaired) electrons. The summed E-state index contributed by atoms with van der Waals surface area (Å²) in [5.74, 6) is 0.609. The zero-order valence-corrected chi connectivity index (χ0v) is 39.5. The van der Waals surface area contributed by atoms with Gasteiger partial charge in [0.05, 0.1) is 11.4 Å². The number of carbonyl (C=O) groups is 2. The third kappa shape index (κ3) is 10.0. The molecule has 0 saturated heterocycles. The van der Waals surface area contributed by atoms with Crippen molar-refractivity contribution in [3.8, 4) is 17.2 Å². The quantitative estimate of drug-likeness (QED) is 0.0898. The van der Waals surface area contributed by atoms with Gasteiger partial charge in [0.1, 0.15) is 17.2 Å². The number of thioether (sulfide) groups is 1. The van der Waals surface area contributed by atoms with Crippen molar-refractivity contribution in [1.82, 2.24) is 20.2 Å². The molecule has 13 heteroatoms. The molecule has 1 aromatic heterocycles. The van der Waals surface area contributed by atoms with Gasteiger partial charge in [-0.3, -0.25) is 9.59 Å². The Kier molecular flexibility index (Phi) is 14.0. The Hall–Kier alpha value is -5.98. The number of hydrazone groups is 1. The summed E-state index contributed by atoms with van der Waals surface area (Å²) in [4.78, 5) is 28.3. The van der Waals surface area contributed by atoms with Gasteiger partial charge in [0.2, 0.25) is 11.3 Å². The Labute approximate surface area is 385 Å². The van der Waals surface area contributed by atoms with Gasteiger partial charge in [0.25, 0.3) is 11.8 Å². The van der Waals surface area contributed by atoms with Crippen LogP contribution in [0.3, 0.4) is 0 Å². The summed E-state index contributed by atoms with van der Waals surface area (Å²) < 4.78 is 14.9. The summed E-state index contributed by atoms with van der Waals surface area (Å²) in [6.45, 7) is 19.3. The molecule has 7 rings (SSSR count). The van der Waals surface area contributed by atoms with Gasteiger partial charge >= 0.3 is 0 Å². The fourth-order valence-electron chi connectivity index (χ4n) is 7.34. The number of nitrogens with zero attached hydrogens (tertiary/aromatic N) is 6. The predicted molar refractivity (Wildman–Crippen MR) is 257 cm³/mol. The van der Waals surface area contributed by atoms with Crippen molar-refractivity contribution in [3.63, 3.8) is 0 Å². The minimum atomic E-state index is -1.08. The molecule has 11 nitrogen and oxygen atoms in total. The van der Waals surface area contributed by atoms with Gasteiger partial charge in [-0.25, -0.2) is 0 Å². The van der Waals surface area contributed by atoms with E-state index in [1.807, 2.05) is 74.5 Å². The van der Waals surface area contributed by atoms with Crippen molar-refractivity contribution in [3.05, 3.63) is 148 Å². The first kappa shape index (κ1) is 46.0. The number of hydrogen-bond donors (Lipinski definition) is 1. The number of benzene rings is 5. The third-order valence-corrected chi connectivity index (χ3v) is 13.5. The first-order valence-electron chi connectivity index (χ1n) is 21.8. The van der Waals surface area contributed by atoms with Crippen molar-refractivity contribution >= 4 is 52.3 Å². The van der Waals surface area contributed by atoms with Crippen molar-refractivity contribution in [2.24, 2.45) is 5.10 Å². The van der Waals surface area contributed by atoms with Crippen LogP contribution in [0.1, 0.15) is 108 Å². The minimum absolute atomic E-state index is 0.00965. The van der Waals surface area contributed by atoms with Crippen LogP contribution in [-0.4, -0.2) is 49.9 Å². The summed E-state index contributed by atoms with van der Waals surface area (Å²) in [5, 5.41) is 22.7. The molecule has 1 N–H and O–H groups in total. The lowest BCUT2D eigenvalue weighted by Crippen LogP contribution is -2.37. The lowest BCUT2D eigenvalue weighted by molar-refractivity contribution is -0.123. The molecule has 1 aliphatic rings. The van der Waals surface area contributed by atoms with Crippen LogP contribution >= 0.6 is 23.4 Å². The standard InChI is InChI=1S/C51H56ClN7O4S/c1-10-42(62-44-29-21-35(50(6,7)11-2)31-41(44)51(8,9)12-3)47(60)53-37-24-26-39(27-25-37)58-48(61)46(45(55-58)34-19-22-36(52)23-20-34)63-43-28-18-32(4)30-40(43)33(5)64-49-54-56-57-59(49)38-16-14-13-15-17-38/h13-31,33,42,46H,10-12H2,1-9H3,(H,53,60). The molecule has 6 aromatic rings. The molecule has 64 heavy (non-hydrogen) atoms. The van der Waals surface area contributed by atoms with E-state index in [-0.39, 0.29) is 27.9 Å². The number of para-hydroxylation sites is 1. The van der Waals surface area contributed by atoms with Crippen LogP contribution in [0, 0.1) is 6.92 Å². The van der Waals surface area contributed by atoms with Crippen LogP contribution in [0.2, 0.25) is 5.02 Å². The Bertz CT molecular complexity index is 2630. The van der Waals surface area contributed by atoms with E-state index in [4.69, 9.17) is 26.2 Å². The van der Waals surface area contributed by atoms with Crippen LogP contribution in [0.15, 0.2) is 126 Å². The van der Waals surface area contributed by atoms with Crippen LogP contribution in [0.4, 0.5) is 11.4 Å². The van der Waals surface area contributed by atoms with E-state index < -0.39 is 12.2 Å². The van der Waals surface area contributed by atoms with Gasteiger partial charge < -0.3 is 14.8 Å². The van der Waals surface area contributed by atoms with E-state index in [9.17, 15) is 9.59 Å². The Morgan fingerprint density at radius 3 is 2.20 bits per heavy atom. The second-order valence-electron chi connectivity index (χ2n) is 17.4. The first-order chi connectivity index (χ1) is 30.6. The maximum Gasteiger partial charge on any atom is 0.294 e. The number of tetrazole rings is 1. The van der Waals surface area contributed by atoms with Gasteiger partial charge in [-0.15, -0.1) is 5.10 Å². The van der Waals surface area contributed by atoms with Crippen LogP contribution in [-0.2, 0) is 20.4 Å². The largest absolute Gasteiger partial charge is 0.480 e. The highest BCUT2D eigenvalue weighted by atomic mass is 35.5. The number of amides is 2. The Morgan fingerprint density at radius 1 is 0.844 bits per heavy atom. The van der Waals surface area contributed by atoms with E-state index >= 15 is 0 Å². The number of hydrogen-bond acceptors (Lipinski definition) is 9. The molecule has 1 aliphatic heterocycles. The lowest BCUT2D eigenvalue weighted by Gasteiger charge is -2.31. The fourth-order valence-corrected chi connectivity index (χ4v) is 8.42. The molecule has 2 heterocycles. The summed E-state index contributed by atoms with van der Waals surface area (Å²) in [6.07, 6.45) is 0.574. The molecular weight excluding hydrogens is 842 g/mol. The monoisotopic (exact) mass is 897 g/mol. The molecule has 0 saturated carbocycles. The highest BCUT2D eigenvalue weighted by Gasteiger charge is 2.40. The molecule has 0 bridgehead atoms. The number of anilines is 2.